The number of hydrogen-bond donors (Lipinski definition) is 4. The topological polar surface area (TPSA) is 122 Å². The number of aromatic amines is 1. The number of nitrogen functional groups attached to an aromatic ring is 1. The summed E-state index contributed by atoms with van der Waals surface area (Å²) in [6, 6.07) is 0.318. The SMILES string of the molecule is Cn1c(N)c(NCCC(=O)NC2CC2)c(=O)[nH]c1=O. The van der Waals surface area contributed by atoms with Crippen LogP contribution in [0.3, 0.4) is 0 Å². The van der Waals surface area contributed by atoms with Crippen molar-refractivity contribution in [2.45, 2.75) is 25.3 Å². The largest absolute Gasteiger partial charge is 0.383 e. The minimum absolute atomic E-state index is 0.0522. The van der Waals surface area contributed by atoms with Crippen LogP contribution in [0.1, 0.15) is 19.3 Å². The maximum atomic E-state index is 11.6. The molecule has 1 aliphatic rings. The molecule has 1 aromatic heterocycles. The van der Waals surface area contributed by atoms with Crippen molar-refractivity contribution in [3.8, 4) is 0 Å². The number of carbonyl (C=O) groups is 1. The highest BCUT2D eigenvalue weighted by molar-refractivity contribution is 5.77. The molecule has 2 rings (SSSR count). The van der Waals surface area contributed by atoms with Gasteiger partial charge in [-0.15, -0.1) is 0 Å². The van der Waals surface area contributed by atoms with Crippen LogP contribution in [0.2, 0.25) is 0 Å². The number of nitrogens with zero attached hydrogens (tertiary/aromatic N) is 1. The summed E-state index contributed by atoms with van der Waals surface area (Å²) in [5.41, 5.74) is 4.63. The molecule has 0 bridgehead atoms. The molecule has 8 heteroatoms. The molecule has 0 aliphatic heterocycles. The fourth-order valence-electron chi connectivity index (χ4n) is 1.64. The number of rotatable bonds is 5. The van der Waals surface area contributed by atoms with E-state index in [2.05, 4.69) is 15.6 Å². The standard InChI is InChI=1S/C11H17N5O3/c1-16-9(12)8(10(18)15-11(16)19)13-5-4-7(17)14-6-2-3-6/h6,13H,2-5,12H2,1H3,(H,14,17)(H,15,18,19). The number of nitrogens with two attached hydrogens (primary N) is 1. The van der Waals surface area contributed by atoms with Crippen LogP contribution in [-0.4, -0.2) is 28.0 Å². The van der Waals surface area contributed by atoms with E-state index in [4.69, 9.17) is 5.73 Å². The van der Waals surface area contributed by atoms with Crippen molar-refractivity contribution >= 4 is 17.4 Å². The van der Waals surface area contributed by atoms with Gasteiger partial charge in [0.25, 0.3) is 5.56 Å². The molecule has 19 heavy (non-hydrogen) atoms. The molecule has 1 amide bonds. The summed E-state index contributed by atoms with van der Waals surface area (Å²) in [4.78, 5) is 36.4. The molecule has 1 aromatic rings. The predicted molar refractivity (Wildman–Crippen MR) is 71.0 cm³/mol. The van der Waals surface area contributed by atoms with Crippen LogP contribution in [-0.2, 0) is 11.8 Å². The second-order valence-electron chi connectivity index (χ2n) is 4.60. The fraction of sp³-hybridized carbons (Fsp3) is 0.545. The van der Waals surface area contributed by atoms with Gasteiger partial charge in [-0.05, 0) is 12.8 Å². The van der Waals surface area contributed by atoms with E-state index in [1.54, 1.807) is 0 Å². The highest BCUT2D eigenvalue weighted by atomic mass is 16.2. The smallest absolute Gasteiger partial charge is 0.329 e. The molecule has 0 radical (unpaired) electrons. The maximum Gasteiger partial charge on any atom is 0.329 e. The van der Waals surface area contributed by atoms with Crippen LogP contribution >= 0.6 is 0 Å². The molecule has 8 nitrogen and oxygen atoms in total. The lowest BCUT2D eigenvalue weighted by Gasteiger charge is -2.10. The molecule has 104 valence electrons. The van der Waals surface area contributed by atoms with Crippen molar-refractivity contribution in [3.63, 3.8) is 0 Å². The normalized spacial score (nSPS) is 14.2. The number of amides is 1. The first-order valence-corrected chi connectivity index (χ1v) is 6.11. The summed E-state index contributed by atoms with van der Waals surface area (Å²) < 4.78 is 1.13. The average Bonchev–Trinajstić information content (AvgIpc) is 3.14. The number of nitrogens with one attached hydrogen (secondary N) is 3. The Morgan fingerprint density at radius 3 is 2.79 bits per heavy atom. The van der Waals surface area contributed by atoms with Gasteiger partial charge in [-0.2, -0.15) is 0 Å². The lowest BCUT2D eigenvalue weighted by molar-refractivity contribution is -0.120. The molecule has 0 aromatic carbocycles. The number of aromatic nitrogens is 2. The Hall–Kier alpha value is -2.25. The van der Waals surface area contributed by atoms with E-state index >= 15 is 0 Å². The van der Waals surface area contributed by atoms with Crippen molar-refractivity contribution in [1.29, 1.82) is 0 Å². The van der Waals surface area contributed by atoms with E-state index < -0.39 is 11.2 Å². The van der Waals surface area contributed by atoms with E-state index in [-0.39, 0.29) is 30.4 Å². The van der Waals surface area contributed by atoms with Crippen LogP contribution in [0.4, 0.5) is 11.5 Å². The average molecular weight is 267 g/mol. The number of carbonyl (C=O) groups excluding carboxylic acids is 1. The van der Waals surface area contributed by atoms with Gasteiger partial charge in [0.05, 0.1) is 0 Å². The summed E-state index contributed by atoms with van der Waals surface area (Å²) >= 11 is 0. The summed E-state index contributed by atoms with van der Waals surface area (Å²) in [5.74, 6) is -0.00817. The van der Waals surface area contributed by atoms with Crippen LogP contribution in [0.5, 0.6) is 0 Å². The van der Waals surface area contributed by atoms with Crippen molar-refractivity contribution in [1.82, 2.24) is 14.9 Å². The summed E-state index contributed by atoms with van der Waals surface area (Å²) in [6.07, 6.45) is 2.32. The predicted octanol–water partition coefficient (Wildman–Crippen LogP) is -1.26. The maximum absolute atomic E-state index is 11.6. The van der Waals surface area contributed by atoms with E-state index in [1.807, 2.05) is 0 Å². The number of H-pyrrole nitrogens is 1. The Kier molecular flexibility index (Phi) is 3.59. The van der Waals surface area contributed by atoms with Crippen molar-refractivity contribution < 1.29 is 4.79 Å². The van der Waals surface area contributed by atoms with Crippen molar-refractivity contribution in [3.05, 3.63) is 20.8 Å². The van der Waals surface area contributed by atoms with Gasteiger partial charge >= 0.3 is 5.69 Å². The number of anilines is 2. The molecule has 1 heterocycles. The van der Waals surface area contributed by atoms with Gasteiger partial charge < -0.3 is 16.4 Å². The molecule has 0 saturated heterocycles. The van der Waals surface area contributed by atoms with Crippen LogP contribution < -0.4 is 27.6 Å². The van der Waals surface area contributed by atoms with Gasteiger partial charge in [-0.25, -0.2) is 4.79 Å². The Bertz CT molecular complexity index is 599. The first-order valence-electron chi connectivity index (χ1n) is 6.11. The fourth-order valence-corrected chi connectivity index (χ4v) is 1.64. The lowest BCUT2D eigenvalue weighted by atomic mass is 10.3. The van der Waals surface area contributed by atoms with Crippen LogP contribution in [0.25, 0.3) is 0 Å². The summed E-state index contributed by atoms with van der Waals surface area (Å²) in [7, 11) is 1.46. The van der Waals surface area contributed by atoms with Gasteiger partial charge in [0.1, 0.15) is 11.5 Å². The van der Waals surface area contributed by atoms with Crippen LogP contribution in [0.15, 0.2) is 9.59 Å². The third-order valence-corrected chi connectivity index (χ3v) is 2.97. The molecular formula is C11H17N5O3. The van der Waals surface area contributed by atoms with E-state index in [9.17, 15) is 14.4 Å². The summed E-state index contributed by atoms with van der Waals surface area (Å²) in [5, 5.41) is 5.62. The molecule has 0 spiro atoms. The van der Waals surface area contributed by atoms with Gasteiger partial charge in [0.15, 0.2) is 0 Å². The Morgan fingerprint density at radius 1 is 1.47 bits per heavy atom. The molecule has 1 fully saturated rings. The summed E-state index contributed by atoms with van der Waals surface area (Å²) in [6.45, 7) is 0.282. The third-order valence-electron chi connectivity index (χ3n) is 2.97. The van der Waals surface area contributed by atoms with E-state index in [1.165, 1.54) is 7.05 Å². The first kappa shape index (κ1) is 13.2. The van der Waals surface area contributed by atoms with Gasteiger partial charge in [-0.1, -0.05) is 0 Å². The van der Waals surface area contributed by atoms with Gasteiger partial charge in [0.2, 0.25) is 5.91 Å². The molecule has 1 saturated carbocycles. The van der Waals surface area contributed by atoms with Crippen molar-refractivity contribution in [2.75, 3.05) is 17.6 Å². The van der Waals surface area contributed by atoms with Gasteiger partial charge in [0, 0.05) is 26.1 Å². The highest BCUT2D eigenvalue weighted by Crippen LogP contribution is 2.18. The van der Waals surface area contributed by atoms with E-state index in [0.717, 1.165) is 17.4 Å². The Morgan fingerprint density at radius 2 is 2.16 bits per heavy atom. The zero-order valence-electron chi connectivity index (χ0n) is 10.7. The Labute approximate surface area is 109 Å². The zero-order valence-corrected chi connectivity index (χ0v) is 10.7. The number of hydrogen-bond acceptors (Lipinski definition) is 5. The monoisotopic (exact) mass is 267 g/mol. The van der Waals surface area contributed by atoms with E-state index in [0.29, 0.717) is 6.04 Å². The highest BCUT2D eigenvalue weighted by Gasteiger charge is 2.22. The van der Waals surface area contributed by atoms with Gasteiger partial charge in [-0.3, -0.25) is 19.1 Å². The van der Waals surface area contributed by atoms with Crippen molar-refractivity contribution in [2.24, 2.45) is 7.05 Å². The molecule has 0 atom stereocenters. The Balaban J connectivity index is 1.95. The lowest BCUT2D eigenvalue weighted by Crippen LogP contribution is -2.33. The quantitative estimate of drug-likeness (QED) is 0.530. The second kappa shape index (κ2) is 5.17. The molecular weight excluding hydrogens is 250 g/mol. The van der Waals surface area contributed by atoms with Crippen LogP contribution in [0, 0.1) is 0 Å². The first-order chi connectivity index (χ1) is 8.99. The minimum Gasteiger partial charge on any atom is -0.383 e. The molecule has 5 N–H and O–H groups in total. The second-order valence-corrected chi connectivity index (χ2v) is 4.60. The molecule has 1 aliphatic carbocycles. The third kappa shape index (κ3) is 3.15. The zero-order chi connectivity index (χ0) is 14.0. The minimum atomic E-state index is -0.580. The molecule has 0 unspecified atom stereocenters.